The van der Waals surface area contributed by atoms with Crippen molar-refractivity contribution in [3.8, 4) is 10.6 Å². The fourth-order valence-electron chi connectivity index (χ4n) is 2.56. The molecular formula is C16H16N2O3S. The second-order valence-electron chi connectivity index (χ2n) is 5.48. The van der Waals surface area contributed by atoms with Crippen LogP contribution < -0.4 is 5.32 Å². The summed E-state index contributed by atoms with van der Waals surface area (Å²) in [4.78, 5) is 28.6. The molecule has 2 heterocycles. The summed E-state index contributed by atoms with van der Waals surface area (Å²) in [5.74, 6) is -1.30. The van der Waals surface area contributed by atoms with E-state index in [2.05, 4.69) is 10.3 Å². The lowest BCUT2D eigenvalue weighted by Gasteiger charge is -2.32. The molecule has 1 fully saturated rings. The Labute approximate surface area is 132 Å². The smallest absolute Gasteiger partial charge is 0.306 e. The maximum atomic E-state index is 12.2. The van der Waals surface area contributed by atoms with Crippen LogP contribution in [0, 0.1) is 12.8 Å². The molecule has 2 aromatic heterocycles. The molecular weight excluding hydrogens is 300 g/mol. The minimum absolute atomic E-state index is 0.0510. The van der Waals surface area contributed by atoms with Gasteiger partial charge in [-0.15, -0.1) is 11.3 Å². The molecule has 0 spiro atoms. The molecule has 1 aliphatic carbocycles. The van der Waals surface area contributed by atoms with Crippen LogP contribution in [0.1, 0.15) is 28.9 Å². The van der Waals surface area contributed by atoms with E-state index < -0.39 is 5.97 Å². The lowest BCUT2D eigenvalue weighted by Crippen LogP contribution is -2.46. The number of thiophene rings is 1. The fourth-order valence-corrected chi connectivity index (χ4v) is 3.26. The highest BCUT2D eigenvalue weighted by molar-refractivity contribution is 7.13. The van der Waals surface area contributed by atoms with Crippen molar-refractivity contribution < 1.29 is 14.7 Å². The van der Waals surface area contributed by atoms with Gasteiger partial charge in [-0.3, -0.25) is 14.6 Å². The number of rotatable bonds is 4. The number of aryl methyl sites for hydroxylation is 1. The summed E-state index contributed by atoms with van der Waals surface area (Å²) in [7, 11) is 0. The Morgan fingerprint density at radius 1 is 1.32 bits per heavy atom. The summed E-state index contributed by atoms with van der Waals surface area (Å²) in [6.07, 6.45) is 1.00. The monoisotopic (exact) mass is 316 g/mol. The Kier molecular flexibility index (Phi) is 3.94. The van der Waals surface area contributed by atoms with E-state index in [1.54, 1.807) is 17.4 Å². The van der Waals surface area contributed by atoms with Crippen LogP contribution in [0.4, 0.5) is 0 Å². The predicted octanol–water partition coefficient (Wildman–Crippen LogP) is 2.71. The number of aromatic nitrogens is 1. The largest absolute Gasteiger partial charge is 0.481 e. The highest BCUT2D eigenvalue weighted by Gasteiger charge is 2.35. The third kappa shape index (κ3) is 2.87. The molecule has 0 aliphatic heterocycles. The molecule has 6 heteroatoms. The zero-order valence-electron chi connectivity index (χ0n) is 12.1. The molecule has 5 nitrogen and oxygen atoms in total. The maximum absolute atomic E-state index is 12.2. The Bertz CT molecular complexity index is 706. The molecule has 3 rings (SSSR count). The van der Waals surface area contributed by atoms with Crippen LogP contribution in [0.15, 0.2) is 29.6 Å². The number of carboxylic acids is 1. The number of pyridine rings is 1. The second-order valence-corrected chi connectivity index (χ2v) is 6.43. The van der Waals surface area contributed by atoms with Crippen molar-refractivity contribution in [2.45, 2.75) is 25.8 Å². The van der Waals surface area contributed by atoms with Gasteiger partial charge in [-0.1, -0.05) is 6.07 Å². The summed E-state index contributed by atoms with van der Waals surface area (Å²) in [5, 5.41) is 13.7. The van der Waals surface area contributed by atoms with Crippen LogP contribution >= 0.6 is 11.3 Å². The molecule has 114 valence electrons. The van der Waals surface area contributed by atoms with E-state index in [-0.39, 0.29) is 17.9 Å². The van der Waals surface area contributed by atoms with Gasteiger partial charge in [0.2, 0.25) is 0 Å². The molecule has 2 N–H and O–H groups in total. The minimum Gasteiger partial charge on any atom is -0.481 e. The third-order valence-corrected chi connectivity index (χ3v) is 4.82. The fraction of sp³-hybridized carbons (Fsp3) is 0.312. The average Bonchev–Trinajstić information content (AvgIpc) is 2.95. The van der Waals surface area contributed by atoms with Crippen LogP contribution in [-0.4, -0.2) is 28.0 Å². The molecule has 2 aromatic rings. The van der Waals surface area contributed by atoms with Crippen LogP contribution in [-0.2, 0) is 4.79 Å². The lowest BCUT2D eigenvalue weighted by molar-refractivity contribution is -0.145. The number of hydrogen-bond acceptors (Lipinski definition) is 4. The molecule has 1 amide bonds. The summed E-state index contributed by atoms with van der Waals surface area (Å²) < 4.78 is 0. The molecule has 0 bridgehead atoms. The van der Waals surface area contributed by atoms with Crippen molar-refractivity contribution >= 4 is 23.2 Å². The SMILES string of the molecule is Cc1nc(-c2cccs2)ccc1C(=O)NC1CC(C(=O)O)C1. The average molecular weight is 316 g/mol. The second kappa shape index (κ2) is 5.88. The van der Waals surface area contributed by atoms with Gasteiger partial charge < -0.3 is 10.4 Å². The minimum atomic E-state index is -0.788. The van der Waals surface area contributed by atoms with Crippen molar-refractivity contribution in [1.29, 1.82) is 0 Å². The van der Waals surface area contributed by atoms with E-state index in [1.807, 2.05) is 30.5 Å². The highest BCUT2D eigenvalue weighted by atomic mass is 32.1. The molecule has 1 saturated carbocycles. The normalized spacial score (nSPS) is 20.2. The van der Waals surface area contributed by atoms with E-state index in [0.29, 0.717) is 24.1 Å². The number of carbonyl (C=O) groups is 2. The van der Waals surface area contributed by atoms with Gasteiger partial charge in [0.15, 0.2) is 0 Å². The van der Waals surface area contributed by atoms with E-state index in [1.165, 1.54) is 0 Å². The Morgan fingerprint density at radius 3 is 2.68 bits per heavy atom. The van der Waals surface area contributed by atoms with Crippen molar-refractivity contribution in [1.82, 2.24) is 10.3 Å². The van der Waals surface area contributed by atoms with Crippen molar-refractivity contribution in [2.75, 3.05) is 0 Å². The number of carbonyl (C=O) groups excluding carboxylic acids is 1. The molecule has 0 aromatic carbocycles. The van der Waals surface area contributed by atoms with E-state index >= 15 is 0 Å². The number of nitrogens with one attached hydrogen (secondary N) is 1. The summed E-state index contributed by atoms with van der Waals surface area (Å²) in [6.45, 7) is 1.81. The van der Waals surface area contributed by atoms with Gasteiger partial charge in [0.05, 0.1) is 27.7 Å². The molecule has 0 atom stereocenters. The summed E-state index contributed by atoms with van der Waals surface area (Å²) in [6, 6.07) is 7.53. The van der Waals surface area contributed by atoms with Crippen LogP contribution in [0.2, 0.25) is 0 Å². The van der Waals surface area contributed by atoms with Crippen molar-refractivity contribution in [3.63, 3.8) is 0 Å². The molecule has 0 unspecified atom stereocenters. The summed E-state index contributed by atoms with van der Waals surface area (Å²) >= 11 is 1.61. The number of hydrogen-bond donors (Lipinski definition) is 2. The van der Waals surface area contributed by atoms with Gasteiger partial charge in [0, 0.05) is 6.04 Å². The first-order chi connectivity index (χ1) is 10.5. The van der Waals surface area contributed by atoms with Gasteiger partial charge in [-0.05, 0) is 43.3 Å². The zero-order valence-corrected chi connectivity index (χ0v) is 12.9. The van der Waals surface area contributed by atoms with Gasteiger partial charge in [0.25, 0.3) is 5.91 Å². The van der Waals surface area contributed by atoms with Crippen LogP contribution in [0.3, 0.4) is 0 Å². The van der Waals surface area contributed by atoms with Crippen LogP contribution in [0.25, 0.3) is 10.6 Å². The quantitative estimate of drug-likeness (QED) is 0.909. The van der Waals surface area contributed by atoms with Crippen LogP contribution in [0.5, 0.6) is 0 Å². The standard InChI is InChI=1S/C16H16N2O3S/c1-9-12(4-5-13(17-9)14-3-2-6-22-14)15(19)18-11-7-10(8-11)16(20)21/h2-6,10-11H,7-8H2,1H3,(H,18,19)(H,20,21). The Balaban J connectivity index is 1.67. The van der Waals surface area contributed by atoms with E-state index in [4.69, 9.17) is 5.11 Å². The molecule has 0 saturated heterocycles. The molecule has 22 heavy (non-hydrogen) atoms. The van der Waals surface area contributed by atoms with Gasteiger partial charge in [0.1, 0.15) is 0 Å². The zero-order chi connectivity index (χ0) is 15.7. The predicted molar refractivity (Wildman–Crippen MR) is 83.9 cm³/mol. The first kappa shape index (κ1) is 14.7. The Hall–Kier alpha value is -2.21. The molecule has 1 aliphatic rings. The van der Waals surface area contributed by atoms with Gasteiger partial charge in [-0.2, -0.15) is 0 Å². The third-order valence-electron chi connectivity index (χ3n) is 3.93. The number of carboxylic acid groups (broad SMARTS) is 1. The number of aliphatic carboxylic acids is 1. The lowest BCUT2D eigenvalue weighted by atomic mass is 9.80. The first-order valence-corrected chi connectivity index (χ1v) is 7.97. The van der Waals surface area contributed by atoms with Gasteiger partial charge >= 0.3 is 5.97 Å². The number of nitrogens with zero attached hydrogens (tertiary/aromatic N) is 1. The van der Waals surface area contributed by atoms with Crippen molar-refractivity contribution in [2.24, 2.45) is 5.92 Å². The van der Waals surface area contributed by atoms with E-state index in [9.17, 15) is 9.59 Å². The topological polar surface area (TPSA) is 79.3 Å². The first-order valence-electron chi connectivity index (χ1n) is 7.10. The van der Waals surface area contributed by atoms with Crippen molar-refractivity contribution in [3.05, 3.63) is 40.9 Å². The molecule has 0 radical (unpaired) electrons. The van der Waals surface area contributed by atoms with E-state index in [0.717, 1.165) is 10.6 Å². The Morgan fingerprint density at radius 2 is 2.09 bits per heavy atom. The summed E-state index contributed by atoms with van der Waals surface area (Å²) in [5.41, 5.74) is 2.08. The van der Waals surface area contributed by atoms with Gasteiger partial charge in [-0.25, -0.2) is 0 Å². The number of amides is 1. The highest BCUT2D eigenvalue weighted by Crippen LogP contribution is 2.28. The maximum Gasteiger partial charge on any atom is 0.306 e.